The maximum atomic E-state index is 5.44. The molecule has 0 spiro atoms. The summed E-state index contributed by atoms with van der Waals surface area (Å²) in [6.45, 7) is 13.2. The molecule has 1 heterocycles. The van der Waals surface area contributed by atoms with Gasteiger partial charge in [0.1, 0.15) is 0 Å². The molecule has 0 saturated carbocycles. The fourth-order valence-electron chi connectivity index (χ4n) is 2.39. The van der Waals surface area contributed by atoms with Crippen LogP contribution in [0, 0.1) is 5.92 Å². The third kappa shape index (κ3) is 5.98. The Balaban J connectivity index is 2.67. The molecule has 0 saturated heterocycles. The SMILES string of the molecule is CCCC(CCC(C)CC)c1cc(NC(C)(C)C)on1. The zero-order chi connectivity index (χ0) is 15.2. The van der Waals surface area contributed by atoms with Gasteiger partial charge in [-0.25, -0.2) is 0 Å². The topological polar surface area (TPSA) is 38.1 Å². The monoisotopic (exact) mass is 280 g/mol. The lowest BCUT2D eigenvalue weighted by molar-refractivity contribution is 0.389. The Hall–Kier alpha value is -0.990. The van der Waals surface area contributed by atoms with Crippen LogP contribution >= 0.6 is 0 Å². The molecule has 0 bridgehead atoms. The van der Waals surface area contributed by atoms with Gasteiger partial charge in [0, 0.05) is 17.5 Å². The quantitative estimate of drug-likeness (QED) is 0.674. The minimum atomic E-state index is 0.00772. The molecule has 2 unspecified atom stereocenters. The summed E-state index contributed by atoms with van der Waals surface area (Å²) in [5.74, 6) is 2.12. The summed E-state index contributed by atoms with van der Waals surface area (Å²) < 4.78 is 5.44. The van der Waals surface area contributed by atoms with Gasteiger partial charge in [0.15, 0.2) is 0 Å². The van der Waals surface area contributed by atoms with Gasteiger partial charge in [0.2, 0.25) is 5.88 Å². The molecule has 20 heavy (non-hydrogen) atoms. The molecule has 0 radical (unpaired) electrons. The molecular formula is C17H32N2O. The standard InChI is InChI=1S/C17H32N2O/c1-7-9-14(11-10-13(3)8-2)15-12-16(20-19-15)18-17(4,5)6/h12-14,18H,7-11H2,1-6H3. The number of rotatable bonds is 8. The minimum absolute atomic E-state index is 0.00772. The molecule has 2 atom stereocenters. The zero-order valence-corrected chi connectivity index (χ0v) is 14.1. The van der Waals surface area contributed by atoms with Crippen molar-refractivity contribution in [1.29, 1.82) is 0 Å². The molecule has 0 aromatic carbocycles. The summed E-state index contributed by atoms with van der Waals surface area (Å²) in [4.78, 5) is 0. The van der Waals surface area contributed by atoms with Crippen molar-refractivity contribution in [3.63, 3.8) is 0 Å². The van der Waals surface area contributed by atoms with Crippen molar-refractivity contribution in [2.75, 3.05) is 5.32 Å². The van der Waals surface area contributed by atoms with Crippen LogP contribution in [-0.2, 0) is 0 Å². The summed E-state index contributed by atoms with van der Waals surface area (Å²) in [5, 5.41) is 7.63. The van der Waals surface area contributed by atoms with Gasteiger partial charge in [0.25, 0.3) is 0 Å². The normalized spacial score (nSPS) is 15.1. The van der Waals surface area contributed by atoms with Crippen molar-refractivity contribution in [2.45, 2.75) is 85.1 Å². The van der Waals surface area contributed by atoms with Gasteiger partial charge >= 0.3 is 0 Å². The lowest BCUT2D eigenvalue weighted by Gasteiger charge is -2.19. The Bertz CT molecular complexity index is 379. The van der Waals surface area contributed by atoms with E-state index in [4.69, 9.17) is 4.52 Å². The second kappa shape index (κ2) is 7.70. The third-order valence-electron chi connectivity index (χ3n) is 3.79. The predicted octanol–water partition coefficient (Wildman–Crippen LogP) is 5.60. The molecule has 3 nitrogen and oxygen atoms in total. The number of hydrogen-bond acceptors (Lipinski definition) is 3. The van der Waals surface area contributed by atoms with Gasteiger partial charge in [-0.05, 0) is 39.5 Å². The summed E-state index contributed by atoms with van der Waals surface area (Å²) in [6.07, 6.45) is 6.13. The Labute approximate surface area is 124 Å². The second-order valence-electron chi connectivity index (χ2n) is 7.07. The molecule has 1 aromatic rings. The molecule has 3 heteroatoms. The van der Waals surface area contributed by atoms with Gasteiger partial charge in [0.05, 0.1) is 5.69 Å². The van der Waals surface area contributed by atoms with Crippen LogP contribution in [0.4, 0.5) is 5.88 Å². The maximum Gasteiger partial charge on any atom is 0.225 e. The molecule has 0 fully saturated rings. The molecule has 0 amide bonds. The number of aromatic nitrogens is 1. The predicted molar refractivity (Wildman–Crippen MR) is 86.2 cm³/mol. The molecule has 0 aliphatic heterocycles. The maximum absolute atomic E-state index is 5.44. The van der Waals surface area contributed by atoms with Crippen LogP contribution in [0.1, 0.15) is 85.3 Å². The number of anilines is 1. The summed E-state index contributed by atoms with van der Waals surface area (Å²) in [5.41, 5.74) is 1.12. The lowest BCUT2D eigenvalue weighted by atomic mass is 9.90. The fraction of sp³-hybridized carbons (Fsp3) is 0.824. The van der Waals surface area contributed by atoms with Crippen LogP contribution in [0.5, 0.6) is 0 Å². The molecule has 1 aromatic heterocycles. The highest BCUT2D eigenvalue weighted by molar-refractivity contribution is 5.35. The van der Waals surface area contributed by atoms with E-state index < -0.39 is 0 Å². The highest BCUT2D eigenvalue weighted by atomic mass is 16.5. The molecule has 1 N–H and O–H groups in total. The molecule has 116 valence electrons. The largest absolute Gasteiger partial charge is 0.349 e. The Morgan fingerprint density at radius 3 is 2.45 bits per heavy atom. The van der Waals surface area contributed by atoms with Crippen molar-refractivity contribution in [1.82, 2.24) is 5.16 Å². The van der Waals surface area contributed by atoms with Gasteiger partial charge in [-0.1, -0.05) is 45.2 Å². The molecular weight excluding hydrogens is 248 g/mol. The van der Waals surface area contributed by atoms with Crippen molar-refractivity contribution < 1.29 is 4.52 Å². The Kier molecular flexibility index (Phi) is 6.57. The summed E-state index contributed by atoms with van der Waals surface area (Å²) in [6, 6.07) is 2.09. The Morgan fingerprint density at radius 2 is 1.90 bits per heavy atom. The van der Waals surface area contributed by atoms with Crippen molar-refractivity contribution in [3.8, 4) is 0 Å². The first kappa shape index (κ1) is 17.1. The van der Waals surface area contributed by atoms with E-state index in [1.807, 2.05) is 0 Å². The van der Waals surface area contributed by atoms with E-state index in [-0.39, 0.29) is 5.54 Å². The second-order valence-corrected chi connectivity index (χ2v) is 7.07. The van der Waals surface area contributed by atoms with E-state index in [1.165, 1.54) is 32.1 Å². The van der Waals surface area contributed by atoms with Crippen LogP contribution in [0.2, 0.25) is 0 Å². The minimum Gasteiger partial charge on any atom is -0.349 e. The average Bonchev–Trinajstić information content (AvgIpc) is 2.79. The first-order valence-electron chi connectivity index (χ1n) is 8.10. The van der Waals surface area contributed by atoms with Gasteiger partial charge in [-0.3, -0.25) is 0 Å². The number of nitrogens with one attached hydrogen (secondary N) is 1. The van der Waals surface area contributed by atoms with E-state index in [0.29, 0.717) is 5.92 Å². The lowest BCUT2D eigenvalue weighted by Crippen LogP contribution is -2.25. The smallest absolute Gasteiger partial charge is 0.225 e. The molecule has 0 aliphatic rings. The van der Waals surface area contributed by atoms with Crippen molar-refractivity contribution in [2.24, 2.45) is 5.92 Å². The van der Waals surface area contributed by atoms with E-state index in [1.54, 1.807) is 0 Å². The highest BCUT2D eigenvalue weighted by Crippen LogP contribution is 2.30. The van der Waals surface area contributed by atoms with Gasteiger partial charge in [-0.2, -0.15) is 0 Å². The third-order valence-corrected chi connectivity index (χ3v) is 3.79. The van der Waals surface area contributed by atoms with Crippen LogP contribution in [-0.4, -0.2) is 10.7 Å². The molecule has 0 aliphatic carbocycles. The zero-order valence-electron chi connectivity index (χ0n) is 14.1. The van der Waals surface area contributed by atoms with Gasteiger partial charge < -0.3 is 9.84 Å². The Morgan fingerprint density at radius 1 is 1.20 bits per heavy atom. The summed E-state index contributed by atoms with van der Waals surface area (Å²) >= 11 is 0. The molecule has 1 rings (SSSR count). The summed E-state index contributed by atoms with van der Waals surface area (Å²) in [7, 11) is 0. The first-order chi connectivity index (χ1) is 9.35. The first-order valence-corrected chi connectivity index (χ1v) is 8.10. The van der Waals surface area contributed by atoms with Crippen molar-refractivity contribution in [3.05, 3.63) is 11.8 Å². The van der Waals surface area contributed by atoms with Crippen LogP contribution < -0.4 is 5.32 Å². The van der Waals surface area contributed by atoms with Crippen LogP contribution in [0.3, 0.4) is 0 Å². The van der Waals surface area contributed by atoms with Crippen molar-refractivity contribution >= 4 is 5.88 Å². The fourth-order valence-corrected chi connectivity index (χ4v) is 2.39. The highest BCUT2D eigenvalue weighted by Gasteiger charge is 2.19. The van der Waals surface area contributed by atoms with E-state index >= 15 is 0 Å². The number of hydrogen-bond donors (Lipinski definition) is 1. The van der Waals surface area contributed by atoms with Gasteiger partial charge in [-0.15, -0.1) is 0 Å². The van der Waals surface area contributed by atoms with Crippen LogP contribution in [0.25, 0.3) is 0 Å². The van der Waals surface area contributed by atoms with E-state index in [2.05, 4.69) is 58.1 Å². The van der Waals surface area contributed by atoms with Crippen LogP contribution in [0.15, 0.2) is 10.6 Å². The van der Waals surface area contributed by atoms with E-state index in [0.717, 1.165) is 17.5 Å². The van der Waals surface area contributed by atoms with E-state index in [9.17, 15) is 0 Å². The number of nitrogens with zero attached hydrogens (tertiary/aromatic N) is 1. The average molecular weight is 280 g/mol.